The summed E-state index contributed by atoms with van der Waals surface area (Å²) in [6.07, 6.45) is 4.03. The minimum absolute atomic E-state index is 0.0471. The highest BCUT2D eigenvalue weighted by Gasteiger charge is 2.32. The first kappa shape index (κ1) is 24.3. The minimum Gasteiger partial charge on any atom is -0.365 e. The van der Waals surface area contributed by atoms with Crippen LogP contribution in [0, 0.1) is 12.8 Å². The van der Waals surface area contributed by atoms with Crippen LogP contribution >= 0.6 is 0 Å². The number of likely N-dealkylation sites (tertiary alicyclic amines) is 1. The molecule has 0 radical (unpaired) electrons. The van der Waals surface area contributed by atoms with Gasteiger partial charge in [-0.15, -0.1) is 0 Å². The Hall–Kier alpha value is -3.45. The molecule has 1 atom stereocenters. The van der Waals surface area contributed by atoms with Crippen LogP contribution in [0.3, 0.4) is 0 Å². The number of aromatic nitrogens is 2. The zero-order chi connectivity index (χ0) is 25.1. The van der Waals surface area contributed by atoms with Gasteiger partial charge in [-0.3, -0.25) is 9.59 Å². The van der Waals surface area contributed by atoms with E-state index >= 15 is 0 Å². The molecule has 7 nitrogen and oxygen atoms in total. The molecule has 3 aromatic rings. The van der Waals surface area contributed by atoms with Crippen molar-refractivity contribution in [2.24, 2.45) is 5.92 Å². The number of imidazole rings is 1. The van der Waals surface area contributed by atoms with Gasteiger partial charge in [0.15, 0.2) is 5.69 Å². The molecule has 2 amide bonds. The van der Waals surface area contributed by atoms with Gasteiger partial charge in [0, 0.05) is 25.6 Å². The van der Waals surface area contributed by atoms with Gasteiger partial charge in [0.25, 0.3) is 5.91 Å². The first-order valence-corrected chi connectivity index (χ1v) is 12.9. The number of ether oxygens (including phenoxy) is 1. The van der Waals surface area contributed by atoms with Crippen molar-refractivity contribution in [3.63, 3.8) is 0 Å². The van der Waals surface area contributed by atoms with Crippen molar-refractivity contribution in [3.8, 4) is 0 Å². The Morgan fingerprint density at radius 1 is 1.03 bits per heavy atom. The molecular weight excluding hydrogens is 452 g/mol. The van der Waals surface area contributed by atoms with Gasteiger partial charge in [-0.2, -0.15) is 0 Å². The van der Waals surface area contributed by atoms with Gasteiger partial charge in [-0.05, 0) is 42.9 Å². The quantitative estimate of drug-likeness (QED) is 0.567. The van der Waals surface area contributed by atoms with E-state index in [2.05, 4.69) is 72.7 Å². The lowest BCUT2D eigenvalue weighted by Crippen LogP contribution is -2.43. The van der Waals surface area contributed by atoms with E-state index in [0.29, 0.717) is 51.3 Å². The molecule has 5 rings (SSSR count). The summed E-state index contributed by atoms with van der Waals surface area (Å²) in [7, 11) is 0. The van der Waals surface area contributed by atoms with Crippen LogP contribution < -0.4 is 5.32 Å². The molecule has 7 heteroatoms. The second-order valence-electron chi connectivity index (χ2n) is 9.86. The van der Waals surface area contributed by atoms with Crippen molar-refractivity contribution in [1.29, 1.82) is 0 Å². The number of carbonyl (C=O) groups is 2. The molecule has 0 saturated carbocycles. The summed E-state index contributed by atoms with van der Waals surface area (Å²) in [5.74, 6) is -0.0777. The predicted molar refractivity (Wildman–Crippen MR) is 137 cm³/mol. The summed E-state index contributed by atoms with van der Waals surface area (Å²) in [4.78, 5) is 32.2. The van der Waals surface area contributed by atoms with Gasteiger partial charge in [-0.25, -0.2) is 4.98 Å². The summed E-state index contributed by atoms with van der Waals surface area (Å²) in [5, 5.41) is 3.06. The highest BCUT2D eigenvalue weighted by molar-refractivity contribution is 5.93. The van der Waals surface area contributed by atoms with Gasteiger partial charge in [0.2, 0.25) is 5.91 Å². The molecule has 36 heavy (non-hydrogen) atoms. The first-order chi connectivity index (χ1) is 17.5. The molecule has 188 valence electrons. The van der Waals surface area contributed by atoms with Crippen LogP contribution in [0.1, 0.15) is 64.3 Å². The summed E-state index contributed by atoms with van der Waals surface area (Å²) in [6, 6.07) is 16.7. The summed E-state index contributed by atoms with van der Waals surface area (Å²) in [5.41, 5.74) is 6.04. The molecule has 3 heterocycles. The monoisotopic (exact) mass is 486 g/mol. The van der Waals surface area contributed by atoms with Crippen molar-refractivity contribution < 1.29 is 14.3 Å². The van der Waals surface area contributed by atoms with E-state index in [4.69, 9.17) is 4.74 Å². The molecule has 1 aromatic heterocycles. The number of carbonyl (C=O) groups excluding carboxylic acids is 2. The predicted octanol–water partition coefficient (Wildman–Crippen LogP) is 4.19. The van der Waals surface area contributed by atoms with Crippen LogP contribution in [0.15, 0.2) is 54.9 Å². The number of nitrogens with zero attached hydrogens (tertiary/aromatic N) is 3. The average Bonchev–Trinajstić information content (AvgIpc) is 3.35. The summed E-state index contributed by atoms with van der Waals surface area (Å²) < 4.78 is 8.14. The molecule has 1 N–H and O–H groups in total. The lowest BCUT2D eigenvalue weighted by molar-refractivity contribution is -0.126. The Kier molecular flexibility index (Phi) is 7.18. The molecule has 1 saturated heterocycles. The molecule has 2 aliphatic rings. The topological polar surface area (TPSA) is 76.5 Å². The third-order valence-electron chi connectivity index (χ3n) is 7.43. The molecule has 2 aliphatic heterocycles. The number of aryl methyl sites for hydroxylation is 2. The number of rotatable bonds is 6. The number of benzene rings is 2. The number of amides is 2. The first-order valence-electron chi connectivity index (χ1n) is 12.9. The SMILES string of the molecule is CCc1ccc(CNC(=O)C2CCN(C(=O)c3ncn4c3CO[C@@H](c3ccc(C)cc3)C4)CC2)cc1. The Bertz CT molecular complexity index is 1210. The van der Waals surface area contributed by atoms with E-state index in [0.717, 1.165) is 23.2 Å². The highest BCUT2D eigenvalue weighted by atomic mass is 16.5. The number of nitrogens with one attached hydrogen (secondary N) is 1. The fraction of sp³-hybridized carbons (Fsp3) is 0.414. The summed E-state index contributed by atoms with van der Waals surface area (Å²) in [6.45, 7) is 6.85. The Morgan fingerprint density at radius 3 is 2.42 bits per heavy atom. The van der Waals surface area contributed by atoms with Crippen LogP contribution in [0.5, 0.6) is 0 Å². The fourth-order valence-corrected chi connectivity index (χ4v) is 5.01. The Labute approximate surface area is 212 Å². The van der Waals surface area contributed by atoms with Gasteiger partial charge in [0.05, 0.1) is 25.2 Å². The molecule has 0 bridgehead atoms. The normalized spacial score (nSPS) is 18.1. The van der Waals surface area contributed by atoms with E-state index in [1.54, 1.807) is 6.33 Å². The zero-order valence-corrected chi connectivity index (χ0v) is 21.1. The second kappa shape index (κ2) is 10.7. The second-order valence-corrected chi connectivity index (χ2v) is 9.86. The third kappa shape index (κ3) is 5.21. The van der Waals surface area contributed by atoms with E-state index in [9.17, 15) is 9.59 Å². The molecule has 0 spiro atoms. The largest absolute Gasteiger partial charge is 0.365 e. The summed E-state index contributed by atoms with van der Waals surface area (Å²) >= 11 is 0. The maximum atomic E-state index is 13.3. The van der Waals surface area contributed by atoms with Crippen LogP contribution in [0.25, 0.3) is 0 Å². The minimum atomic E-state index is -0.0731. The van der Waals surface area contributed by atoms with Crippen LogP contribution in [0.4, 0.5) is 0 Å². The lowest BCUT2D eigenvalue weighted by Gasteiger charge is -2.31. The van der Waals surface area contributed by atoms with Crippen LogP contribution in [-0.2, 0) is 35.6 Å². The average molecular weight is 487 g/mol. The van der Waals surface area contributed by atoms with Gasteiger partial charge in [-0.1, -0.05) is 61.0 Å². The molecule has 0 unspecified atom stereocenters. The maximum absolute atomic E-state index is 13.3. The van der Waals surface area contributed by atoms with Crippen molar-refractivity contribution >= 4 is 11.8 Å². The fourth-order valence-electron chi connectivity index (χ4n) is 5.01. The number of hydrogen-bond acceptors (Lipinski definition) is 4. The van der Waals surface area contributed by atoms with Crippen molar-refractivity contribution in [2.45, 2.75) is 58.9 Å². The van der Waals surface area contributed by atoms with Crippen LogP contribution in [-0.4, -0.2) is 39.4 Å². The smallest absolute Gasteiger partial charge is 0.274 e. The molecule has 2 aromatic carbocycles. The highest BCUT2D eigenvalue weighted by Crippen LogP contribution is 2.29. The van der Waals surface area contributed by atoms with Gasteiger partial charge < -0.3 is 19.5 Å². The number of fused-ring (bicyclic) bond motifs is 1. The molecule has 0 aliphatic carbocycles. The Balaban J connectivity index is 1.14. The van der Waals surface area contributed by atoms with E-state index in [-0.39, 0.29) is 23.8 Å². The van der Waals surface area contributed by atoms with Gasteiger partial charge in [0.1, 0.15) is 6.10 Å². The van der Waals surface area contributed by atoms with E-state index in [1.807, 2.05) is 9.47 Å². The third-order valence-corrected chi connectivity index (χ3v) is 7.43. The number of hydrogen-bond donors (Lipinski definition) is 1. The standard InChI is InChI=1S/C29H34N4O3/c1-3-21-6-8-22(9-7-21)16-30-28(34)24-12-14-32(15-13-24)29(35)27-25-18-36-26(17-33(25)19-31-27)23-10-4-20(2)5-11-23/h4-11,19,24,26H,3,12-18H2,1-2H3,(H,30,34)/t26-/m1/s1. The van der Waals surface area contributed by atoms with Gasteiger partial charge >= 0.3 is 0 Å². The molecular formula is C29H34N4O3. The van der Waals surface area contributed by atoms with Crippen molar-refractivity contribution in [3.05, 3.63) is 88.5 Å². The van der Waals surface area contributed by atoms with E-state index < -0.39 is 0 Å². The van der Waals surface area contributed by atoms with Crippen molar-refractivity contribution in [1.82, 2.24) is 19.8 Å². The zero-order valence-electron chi connectivity index (χ0n) is 21.1. The lowest BCUT2D eigenvalue weighted by atomic mass is 9.95. The van der Waals surface area contributed by atoms with Crippen molar-refractivity contribution in [2.75, 3.05) is 13.1 Å². The maximum Gasteiger partial charge on any atom is 0.274 e. The van der Waals surface area contributed by atoms with Crippen LogP contribution in [0.2, 0.25) is 0 Å². The van der Waals surface area contributed by atoms with E-state index in [1.165, 1.54) is 11.1 Å². The number of piperidine rings is 1. The molecule has 1 fully saturated rings. The Morgan fingerprint density at radius 2 is 1.72 bits per heavy atom.